The van der Waals surface area contributed by atoms with Gasteiger partial charge in [0.1, 0.15) is 5.69 Å². The van der Waals surface area contributed by atoms with Gasteiger partial charge in [0.25, 0.3) is 11.8 Å². The summed E-state index contributed by atoms with van der Waals surface area (Å²) in [7, 11) is 1.76. The Morgan fingerprint density at radius 3 is 2.95 bits per heavy atom. The number of hydrogen-bond donors (Lipinski definition) is 2. The van der Waals surface area contributed by atoms with Crippen molar-refractivity contribution < 1.29 is 9.59 Å². The largest absolute Gasteiger partial charge is 0.365 e. The van der Waals surface area contributed by atoms with Gasteiger partial charge in [-0.3, -0.25) is 19.4 Å². The minimum Gasteiger partial charge on any atom is -0.365 e. The molecule has 1 fully saturated rings. The molecule has 2 aromatic rings. The van der Waals surface area contributed by atoms with Gasteiger partial charge < -0.3 is 10.6 Å². The highest BCUT2D eigenvalue weighted by Crippen LogP contribution is 2.33. The summed E-state index contributed by atoms with van der Waals surface area (Å²) in [6.07, 6.45) is 4.75. The molecule has 8 nitrogen and oxygen atoms in total. The molecule has 0 unspecified atom stereocenters. The Kier molecular flexibility index (Phi) is 3.20. The average molecular weight is 288 g/mol. The zero-order valence-electron chi connectivity index (χ0n) is 11.6. The minimum atomic E-state index is -0.545. The highest BCUT2D eigenvalue weighted by molar-refractivity contribution is 5.95. The number of H-pyrrole nitrogens is 1. The van der Waals surface area contributed by atoms with E-state index in [4.69, 9.17) is 5.73 Å². The third kappa shape index (κ3) is 2.28. The molecule has 110 valence electrons. The molecule has 1 aliphatic rings. The molecule has 2 aromatic heterocycles. The van der Waals surface area contributed by atoms with Crippen LogP contribution in [0.5, 0.6) is 0 Å². The lowest BCUT2D eigenvalue weighted by Crippen LogP contribution is -2.32. The number of aryl methyl sites for hydroxylation is 1. The molecule has 1 saturated heterocycles. The first-order chi connectivity index (χ1) is 10.1. The summed E-state index contributed by atoms with van der Waals surface area (Å²) in [5.74, 6) is -0.695. The molecule has 3 heterocycles. The van der Waals surface area contributed by atoms with Crippen LogP contribution in [0.15, 0.2) is 18.5 Å². The van der Waals surface area contributed by atoms with Crippen LogP contribution in [0.3, 0.4) is 0 Å². The molecule has 0 aliphatic carbocycles. The first kappa shape index (κ1) is 13.3. The fourth-order valence-electron chi connectivity index (χ4n) is 2.73. The van der Waals surface area contributed by atoms with Crippen LogP contribution in [-0.4, -0.2) is 43.2 Å². The van der Waals surface area contributed by atoms with Crippen LogP contribution in [0.25, 0.3) is 0 Å². The standard InChI is InChI=1S/C13H16N6O2/c1-18-6-4-9(17-18)13(21)19-5-2-3-10(19)11-8(12(14)20)7-15-16-11/h4,6-7,10H,2-3,5H2,1H3,(H2,14,20)(H,15,16)/t10-/m0/s1. The van der Waals surface area contributed by atoms with Crippen molar-refractivity contribution in [3.63, 3.8) is 0 Å². The number of hydrogen-bond acceptors (Lipinski definition) is 4. The molecule has 1 atom stereocenters. The second kappa shape index (κ2) is 5.04. The average Bonchev–Trinajstić information content (AvgIpc) is 3.16. The van der Waals surface area contributed by atoms with Crippen LogP contribution < -0.4 is 5.73 Å². The van der Waals surface area contributed by atoms with Gasteiger partial charge in [-0.05, 0) is 18.9 Å². The molecule has 1 aliphatic heterocycles. The van der Waals surface area contributed by atoms with E-state index in [2.05, 4.69) is 15.3 Å². The molecule has 0 radical (unpaired) electrons. The lowest BCUT2D eigenvalue weighted by molar-refractivity contribution is 0.0723. The lowest BCUT2D eigenvalue weighted by atomic mass is 10.1. The first-order valence-corrected chi connectivity index (χ1v) is 6.71. The first-order valence-electron chi connectivity index (χ1n) is 6.71. The molecule has 0 bridgehead atoms. The van der Waals surface area contributed by atoms with Gasteiger partial charge in [0.2, 0.25) is 0 Å². The van der Waals surface area contributed by atoms with Crippen LogP contribution in [0.2, 0.25) is 0 Å². The molecule has 21 heavy (non-hydrogen) atoms. The highest BCUT2D eigenvalue weighted by Gasteiger charge is 2.34. The van der Waals surface area contributed by atoms with Gasteiger partial charge in [0, 0.05) is 19.8 Å². The fraction of sp³-hybridized carbons (Fsp3) is 0.385. The fourth-order valence-corrected chi connectivity index (χ4v) is 2.73. The van der Waals surface area contributed by atoms with Crippen molar-refractivity contribution in [1.82, 2.24) is 24.9 Å². The predicted octanol–water partition coefficient (Wildman–Crippen LogP) is 0.219. The van der Waals surface area contributed by atoms with E-state index in [1.165, 1.54) is 6.20 Å². The smallest absolute Gasteiger partial charge is 0.274 e. The molecule has 3 rings (SSSR count). The van der Waals surface area contributed by atoms with Gasteiger partial charge in [-0.15, -0.1) is 0 Å². The van der Waals surface area contributed by atoms with Crippen LogP contribution in [0.4, 0.5) is 0 Å². The van der Waals surface area contributed by atoms with E-state index in [0.29, 0.717) is 23.5 Å². The number of carbonyl (C=O) groups excluding carboxylic acids is 2. The minimum absolute atomic E-state index is 0.150. The number of aromatic nitrogens is 4. The van der Waals surface area contributed by atoms with Gasteiger partial charge in [0.05, 0.1) is 23.5 Å². The zero-order chi connectivity index (χ0) is 15.0. The second-order valence-corrected chi connectivity index (χ2v) is 5.09. The molecule has 3 N–H and O–H groups in total. The van der Waals surface area contributed by atoms with Crippen molar-refractivity contribution in [2.24, 2.45) is 12.8 Å². The van der Waals surface area contributed by atoms with Crippen molar-refractivity contribution in [2.75, 3.05) is 6.54 Å². The zero-order valence-corrected chi connectivity index (χ0v) is 11.6. The number of primary amides is 1. The Morgan fingerprint density at radius 2 is 2.29 bits per heavy atom. The normalized spacial score (nSPS) is 18.1. The topological polar surface area (TPSA) is 110 Å². The summed E-state index contributed by atoms with van der Waals surface area (Å²) < 4.78 is 1.59. The molecule has 0 aromatic carbocycles. The van der Waals surface area contributed by atoms with Crippen molar-refractivity contribution in [1.29, 1.82) is 0 Å². The molecular formula is C13H16N6O2. The van der Waals surface area contributed by atoms with E-state index in [1.807, 2.05) is 0 Å². The predicted molar refractivity (Wildman–Crippen MR) is 73.3 cm³/mol. The third-order valence-electron chi connectivity index (χ3n) is 3.71. The lowest BCUT2D eigenvalue weighted by Gasteiger charge is -2.23. The monoisotopic (exact) mass is 288 g/mol. The Hall–Kier alpha value is -2.64. The number of nitrogens with zero attached hydrogens (tertiary/aromatic N) is 4. The van der Waals surface area contributed by atoms with Crippen molar-refractivity contribution >= 4 is 11.8 Å². The number of amides is 2. The van der Waals surface area contributed by atoms with Crippen LogP contribution in [-0.2, 0) is 7.05 Å². The summed E-state index contributed by atoms with van der Waals surface area (Å²) in [6, 6.07) is 1.46. The molecule has 2 amide bonds. The van der Waals surface area contributed by atoms with Gasteiger partial charge >= 0.3 is 0 Å². The van der Waals surface area contributed by atoms with Crippen LogP contribution in [0.1, 0.15) is 45.4 Å². The number of rotatable bonds is 3. The van der Waals surface area contributed by atoms with E-state index in [-0.39, 0.29) is 11.9 Å². The van der Waals surface area contributed by atoms with Crippen molar-refractivity contribution in [3.8, 4) is 0 Å². The summed E-state index contributed by atoms with van der Waals surface area (Å²) in [6.45, 7) is 0.622. The number of likely N-dealkylation sites (tertiary alicyclic amines) is 1. The van der Waals surface area contributed by atoms with E-state index in [0.717, 1.165) is 12.8 Å². The van der Waals surface area contributed by atoms with Gasteiger partial charge in [-0.1, -0.05) is 0 Å². The molecule has 0 saturated carbocycles. The van der Waals surface area contributed by atoms with Crippen molar-refractivity contribution in [2.45, 2.75) is 18.9 Å². The highest BCUT2D eigenvalue weighted by atomic mass is 16.2. The van der Waals surface area contributed by atoms with E-state index in [1.54, 1.807) is 28.9 Å². The Labute approximate surface area is 120 Å². The van der Waals surface area contributed by atoms with Gasteiger partial charge in [-0.25, -0.2) is 0 Å². The number of nitrogens with two attached hydrogens (primary N) is 1. The Morgan fingerprint density at radius 1 is 1.48 bits per heavy atom. The summed E-state index contributed by atoms with van der Waals surface area (Å²) in [5.41, 5.74) is 6.67. The quantitative estimate of drug-likeness (QED) is 0.841. The van der Waals surface area contributed by atoms with Gasteiger partial charge in [-0.2, -0.15) is 10.2 Å². The second-order valence-electron chi connectivity index (χ2n) is 5.09. The number of aromatic amines is 1. The third-order valence-corrected chi connectivity index (χ3v) is 3.71. The molecule has 0 spiro atoms. The van der Waals surface area contributed by atoms with Gasteiger partial charge in [0.15, 0.2) is 0 Å². The Balaban J connectivity index is 1.90. The van der Waals surface area contributed by atoms with Crippen molar-refractivity contribution in [3.05, 3.63) is 35.4 Å². The van der Waals surface area contributed by atoms with Crippen LogP contribution >= 0.6 is 0 Å². The summed E-state index contributed by atoms with van der Waals surface area (Å²) >= 11 is 0. The van der Waals surface area contributed by atoms with Crippen LogP contribution in [0, 0.1) is 0 Å². The molecular weight excluding hydrogens is 272 g/mol. The summed E-state index contributed by atoms with van der Waals surface area (Å²) in [4.78, 5) is 25.7. The van der Waals surface area contributed by atoms with E-state index < -0.39 is 5.91 Å². The maximum Gasteiger partial charge on any atom is 0.274 e. The Bertz CT molecular complexity index is 688. The summed E-state index contributed by atoms with van der Waals surface area (Å²) in [5, 5.41) is 10.8. The number of nitrogens with one attached hydrogen (secondary N) is 1. The number of carbonyl (C=O) groups is 2. The maximum atomic E-state index is 12.5. The maximum absolute atomic E-state index is 12.5. The van der Waals surface area contributed by atoms with E-state index in [9.17, 15) is 9.59 Å². The molecule has 8 heteroatoms. The SMILES string of the molecule is Cn1ccc(C(=O)N2CCC[C@H]2c2[nH]ncc2C(N)=O)n1. The van der Waals surface area contributed by atoms with E-state index >= 15 is 0 Å².